The molecule has 1 aliphatic rings. The van der Waals surface area contributed by atoms with Crippen molar-refractivity contribution in [1.29, 1.82) is 0 Å². The first-order valence-electron chi connectivity index (χ1n) is 12.4. The number of fused-ring (bicyclic) bond motifs is 1. The van der Waals surface area contributed by atoms with Crippen LogP contribution in [-0.2, 0) is 4.79 Å². The Morgan fingerprint density at radius 3 is 2.73 bits per heavy atom. The Morgan fingerprint density at radius 2 is 1.95 bits per heavy atom. The molecule has 1 saturated heterocycles. The standard InChI is InChI=1S/C27H30N8O2/c1-16-11-28-13-22(18(16)3)20-7-8-24-26(32-33-35(24)14-20)27(37)31-23-10-21(12-29-19(23)4)30-25(36)15-34-9-5-6-17(34)2/h7-8,10-14,17H,5-6,9,15H2,1-4H3,(H,30,36)(H,31,37)/t17-/m0/s1. The first-order chi connectivity index (χ1) is 17.8. The third-order valence-electron chi connectivity index (χ3n) is 7.06. The SMILES string of the molecule is Cc1cncc(-c2ccc3c(C(=O)Nc4cc(NC(=O)CN5CCC[C@@H]5C)cnc4C)nnn3c2)c1C. The number of amides is 2. The molecular weight excluding hydrogens is 468 g/mol. The molecule has 190 valence electrons. The summed E-state index contributed by atoms with van der Waals surface area (Å²) in [5, 5.41) is 14.0. The van der Waals surface area contributed by atoms with E-state index in [1.807, 2.05) is 37.6 Å². The molecule has 0 saturated carbocycles. The highest BCUT2D eigenvalue weighted by Gasteiger charge is 2.23. The van der Waals surface area contributed by atoms with E-state index in [0.29, 0.717) is 35.2 Å². The van der Waals surface area contributed by atoms with E-state index in [0.717, 1.165) is 41.6 Å². The Balaban J connectivity index is 1.32. The van der Waals surface area contributed by atoms with Crippen LogP contribution in [0, 0.1) is 20.8 Å². The maximum Gasteiger partial charge on any atom is 0.278 e. The van der Waals surface area contributed by atoms with E-state index in [1.165, 1.54) is 0 Å². The predicted octanol–water partition coefficient (Wildman–Crippen LogP) is 3.79. The molecule has 1 atom stereocenters. The minimum absolute atomic E-state index is 0.101. The summed E-state index contributed by atoms with van der Waals surface area (Å²) in [6, 6.07) is 5.88. The summed E-state index contributed by atoms with van der Waals surface area (Å²) in [6.07, 6.45) is 9.30. The Morgan fingerprint density at radius 1 is 1.11 bits per heavy atom. The average Bonchev–Trinajstić information content (AvgIpc) is 3.48. The van der Waals surface area contributed by atoms with E-state index in [-0.39, 0.29) is 11.6 Å². The third kappa shape index (κ3) is 5.05. The highest BCUT2D eigenvalue weighted by Crippen LogP contribution is 2.26. The monoisotopic (exact) mass is 498 g/mol. The topological polar surface area (TPSA) is 117 Å². The number of nitrogens with one attached hydrogen (secondary N) is 2. The number of aromatic nitrogens is 5. The van der Waals surface area contributed by atoms with Crippen molar-refractivity contribution in [2.45, 2.75) is 46.6 Å². The lowest BCUT2D eigenvalue weighted by atomic mass is 10.0. The van der Waals surface area contributed by atoms with Crippen LogP contribution in [0.3, 0.4) is 0 Å². The normalized spacial score (nSPS) is 15.7. The van der Waals surface area contributed by atoms with Gasteiger partial charge in [0.25, 0.3) is 5.91 Å². The van der Waals surface area contributed by atoms with Crippen molar-refractivity contribution < 1.29 is 9.59 Å². The summed E-state index contributed by atoms with van der Waals surface area (Å²) in [5.41, 5.74) is 6.60. The van der Waals surface area contributed by atoms with Gasteiger partial charge in [0, 0.05) is 35.8 Å². The molecule has 5 rings (SSSR count). The number of aryl methyl sites for hydroxylation is 2. The van der Waals surface area contributed by atoms with E-state index < -0.39 is 5.91 Å². The number of carbonyl (C=O) groups excluding carboxylic acids is 2. The molecule has 0 radical (unpaired) electrons. The van der Waals surface area contributed by atoms with E-state index in [2.05, 4.69) is 49.7 Å². The highest BCUT2D eigenvalue weighted by atomic mass is 16.2. The lowest BCUT2D eigenvalue weighted by molar-refractivity contribution is -0.117. The number of hydrogen-bond acceptors (Lipinski definition) is 7. The Bertz CT molecular complexity index is 1500. The van der Waals surface area contributed by atoms with Crippen LogP contribution in [0.2, 0.25) is 0 Å². The highest BCUT2D eigenvalue weighted by molar-refractivity contribution is 6.08. The largest absolute Gasteiger partial charge is 0.324 e. The molecule has 0 bridgehead atoms. The number of anilines is 2. The lowest BCUT2D eigenvalue weighted by Crippen LogP contribution is -2.35. The Hall–Kier alpha value is -4.18. The molecule has 1 fully saturated rings. The van der Waals surface area contributed by atoms with Crippen molar-refractivity contribution >= 4 is 28.7 Å². The summed E-state index contributed by atoms with van der Waals surface area (Å²) in [7, 11) is 0. The van der Waals surface area contributed by atoms with Crippen LogP contribution in [0.4, 0.5) is 11.4 Å². The molecule has 0 aliphatic carbocycles. The van der Waals surface area contributed by atoms with Crippen LogP contribution in [0.5, 0.6) is 0 Å². The Labute approximate surface area is 215 Å². The number of carbonyl (C=O) groups is 2. The molecule has 10 heteroatoms. The number of likely N-dealkylation sites (tertiary alicyclic amines) is 1. The first-order valence-corrected chi connectivity index (χ1v) is 12.4. The van der Waals surface area contributed by atoms with Gasteiger partial charge in [0.15, 0.2) is 5.69 Å². The van der Waals surface area contributed by atoms with Gasteiger partial charge in [0.1, 0.15) is 0 Å². The van der Waals surface area contributed by atoms with Crippen molar-refractivity contribution in [3.8, 4) is 11.1 Å². The van der Waals surface area contributed by atoms with Gasteiger partial charge in [-0.2, -0.15) is 0 Å². The zero-order chi connectivity index (χ0) is 26.1. The van der Waals surface area contributed by atoms with E-state index in [9.17, 15) is 9.59 Å². The van der Waals surface area contributed by atoms with Gasteiger partial charge in [-0.05, 0) is 70.3 Å². The van der Waals surface area contributed by atoms with Gasteiger partial charge in [0.2, 0.25) is 5.91 Å². The van der Waals surface area contributed by atoms with Crippen LogP contribution in [-0.4, -0.2) is 60.6 Å². The van der Waals surface area contributed by atoms with Crippen LogP contribution in [0.15, 0.2) is 43.0 Å². The second kappa shape index (κ2) is 10.1. The molecule has 37 heavy (non-hydrogen) atoms. The van der Waals surface area contributed by atoms with Gasteiger partial charge in [-0.15, -0.1) is 5.10 Å². The van der Waals surface area contributed by atoms with E-state index in [4.69, 9.17) is 0 Å². The molecular formula is C27H30N8O2. The maximum atomic E-state index is 13.1. The van der Waals surface area contributed by atoms with Crippen molar-refractivity contribution in [2.75, 3.05) is 23.7 Å². The minimum Gasteiger partial charge on any atom is -0.324 e. The lowest BCUT2D eigenvalue weighted by Gasteiger charge is -2.20. The van der Waals surface area contributed by atoms with E-state index >= 15 is 0 Å². The predicted molar refractivity (Wildman–Crippen MR) is 142 cm³/mol. The third-order valence-corrected chi connectivity index (χ3v) is 7.06. The van der Waals surface area contributed by atoms with Crippen molar-refractivity contribution in [3.63, 3.8) is 0 Å². The molecule has 2 amide bonds. The minimum atomic E-state index is -0.407. The molecule has 0 aromatic carbocycles. The second-order valence-corrected chi connectivity index (χ2v) is 9.64. The van der Waals surface area contributed by atoms with Crippen molar-refractivity contribution in [2.24, 2.45) is 0 Å². The molecule has 4 aromatic rings. The van der Waals surface area contributed by atoms with Gasteiger partial charge in [-0.25, -0.2) is 4.52 Å². The van der Waals surface area contributed by atoms with Crippen LogP contribution in [0.1, 0.15) is 47.1 Å². The van der Waals surface area contributed by atoms with Gasteiger partial charge >= 0.3 is 0 Å². The number of hydrogen-bond donors (Lipinski definition) is 2. The van der Waals surface area contributed by atoms with Gasteiger partial charge < -0.3 is 10.6 Å². The molecule has 1 aliphatic heterocycles. The summed E-state index contributed by atoms with van der Waals surface area (Å²) in [4.78, 5) is 36.5. The summed E-state index contributed by atoms with van der Waals surface area (Å²) in [5.74, 6) is -0.508. The summed E-state index contributed by atoms with van der Waals surface area (Å²) < 4.78 is 1.59. The molecule has 0 spiro atoms. The molecule has 5 heterocycles. The van der Waals surface area contributed by atoms with Crippen LogP contribution >= 0.6 is 0 Å². The molecule has 0 unspecified atom stereocenters. The van der Waals surface area contributed by atoms with Crippen LogP contribution in [0.25, 0.3) is 16.6 Å². The first kappa shape index (κ1) is 24.5. The summed E-state index contributed by atoms with van der Waals surface area (Å²) >= 11 is 0. The molecule has 10 nitrogen and oxygen atoms in total. The molecule has 2 N–H and O–H groups in total. The number of pyridine rings is 3. The number of nitrogens with zero attached hydrogens (tertiary/aromatic N) is 6. The Kier molecular flexibility index (Phi) is 6.66. The zero-order valence-corrected chi connectivity index (χ0v) is 21.4. The zero-order valence-electron chi connectivity index (χ0n) is 21.4. The summed E-state index contributed by atoms with van der Waals surface area (Å²) in [6.45, 7) is 9.27. The average molecular weight is 499 g/mol. The fourth-order valence-corrected chi connectivity index (χ4v) is 4.66. The van der Waals surface area contributed by atoms with Gasteiger partial charge in [-0.3, -0.25) is 24.5 Å². The van der Waals surface area contributed by atoms with Crippen molar-refractivity contribution in [1.82, 2.24) is 29.7 Å². The van der Waals surface area contributed by atoms with Gasteiger partial charge in [-0.1, -0.05) is 11.3 Å². The van der Waals surface area contributed by atoms with Crippen molar-refractivity contribution in [3.05, 3.63) is 65.5 Å². The quantitative estimate of drug-likeness (QED) is 0.415. The fraction of sp³-hybridized carbons (Fsp3) is 0.333. The molecule has 4 aromatic heterocycles. The smallest absolute Gasteiger partial charge is 0.278 e. The second-order valence-electron chi connectivity index (χ2n) is 9.64. The maximum absolute atomic E-state index is 13.1. The van der Waals surface area contributed by atoms with Gasteiger partial charge in [0.05, 0.1) is 35.3 Å². The fourth-order valence-electron chi connectivity index (χ4n) is 4.66. The van der Waals surface area contributed by atoms with E-state index in [1.54, 1.807) is 23.7 Å². The number of rotatable bonds is 6. The van der Waals surface area contributed by atoms with Crippen LogP contribution < -0.4 is 10.6 Å².